The van der Waals surface area contributed by atoms with Crippen LogP contribution in [0.1, 0.15) is 29.6 Å². The third-order valence-electron chi connectivity index (χ3n) is 3.17. The van der Waals surface area contributed by atoms with Gasteiger partial charge >= 0.3 is 12.1 Å². The van der Waals surface area contributed by atoms with Crippen molar-refractivity contribution in [2.24, 2.45) is 0 Å². The van der Waals surface area contributed by atoms with Gasteiger partial charge in [-0.25, -0.2) is 0 Å². The molecule has 0 radical (unpaired) electrons. The van der Waals surface area contributed by atoms with E-state index in [-0.39, 0.29) is 17.0 Å². The van der Waals surface area contributed by atoms with Crippen LogP contribution in [-0.4, -0.2) is 40.3 Å². The molecule has 24 heavy (non-hydrogen) atoms. The molecule has 0 atom stereocenters. The van der Waals surface area contributed by atoms with Crippen LogP contribution in [0.15, 0.2) is 28.8 Å². The number of nitrogens with zero attached hydrogens (tertiary/aromatic N) is 3. The van der Waals surface area contributed by atoms with Crippen LogP contribution < -0.4 is 0 Å². The minimum absolute atomic E-state index is 0.131. The van der Waals surface area contributed by atoms with Crippen molar-refractivity contribution in [3.8, 4) is 11.4 Å². The number of hydrogen-bond donors (Lipinski definition) is 0. The molecule has 6 nitrogen and oxygen atoms in total. The number of hydrogen-bond acceptors (Lipinski definition) is 5. The molecule has 0 bridgehead atoms. The molecular formula is C15H14F3N3O3. The predicted molar refractivity (Wildman–Crippen MR) is 77.0 cm³/mol. The quantitative estimate of drug-likeness (QED) is 0.617. The first kappa shape index (κ1) is 17.6. The lowest BCUT2D eigenvalue weighted by molar-refractivity contribution is -0.159. The van der Waals surface area contributed by atoms with Crippen LogP contribution in [0.3, 0.4) is 0 Å². The van der Waals surface area contributed by atoms with E-state index in [1.165, 1.54) is 36.2 Å². The number of Topliss-reactive ketones (excluding diaryl/α,β-unsaturated/α-hetero) is 1. The number of likely N-dealkylation sites (N-methyl/N-ethyl adjacent to an activating group) is 1. The van der Waals surface area contributed by atoms with E-state index in [0.29, 0.717) is 13.0 Å². The normalized spacial score (nSPS) is 11.4. The number of carbonyl (C=O) groups is 2. The maximum absolute atomic E-state index is 12.4. The molecule has 0 unspecified atom stereocenters. The summed E-state index contributed by atoms with van der Waals surface area (Å²) in [5.74, 6) is -3.05. The lowest BCUT2D eigenvalue weighted by Crippen LogP contribution is -2.33. The highest BCUT2D eigenvalue weighted by molar-refractivity contribution is 6.42. The summed E-state index contributed by atoms with van der Waals surface area (Å²) in [6.45, 7) is 2.33. The van der Waals surface area contributed by atoms with Crippen molar-refractivity contribution >= 4 is 11.7 Å². The van der Waals surface area contributed by atoms with E-state index in [4.69, 9.17) is 0 Å². The van der Waals surface area contributed by atoms with Gasteiger partial charge in [0.25, 0.3) is 5.91 Å². The van der Waals surface area contributed by atoms with Gasteiger partial charge in [-0.05, 0) is 6.42 Å². The van der Waals surface area contributed by atoms with Crippen LogP contribution >= 0.6 is 0 Å². The van der Waals surface area contributed by atoms with Gasteiger partial charge < -0.3 is 9.42 Å². The summed E-state index contributed by atoms with van der Waals surface area (Å²) in [6.07, 6.45) is -4.01. The first-order valence-electron chi connectivity index (χ1n) is 7.05. The number of rotatable bonds is 5. The first-order valence-corrected chi connectivity index (χ1v) is 7.05. The molecule has 1 aromatic heterocycles. The number of aromatic nitrogens is 2. The molecule has 0 N–H and O–H groups in total. The van der Waals surface area contributed by atoms with Crippen LogP contribution in [0, 0.1) is 0 Å². The van der Waals surface area contributed by atoms with Crippen molar-refractivity contribution in [1.82, 2.24) is 15.0 Å². The van der Waals surface area contributed by atoms with Gasteiger partial charge in [0.2, 0.25) is 11.6 Å². The second-order valence-electron chi connectivity index (χ2n) is 5.05. The van der Waals surface area contributed by atoms with Crippen molar-refractivity contribution in [3.05, 3.63) is 35.7 Å². The maximum atomic E-state index is 12.4. The molecule has 0 aliphatic carbocycles. The molecule has 0 aliphatic rings. The highest BCUT2D eigenvalue weighted by atomic mass is 19.4. The smallest absolute Gasteiger partial charge is 0.339 e. The van der Waals surface area contributed by atoms with Crippen LogP contribution in [0.5, 0.6) is 0 Å². The zero-order valence-electron chi connectivity index (χ0n) is 12.9. The van der Waals surface area contributed by atoms with Crippen LogP contribution in [0.2, 0.25) is 0 Å². The number of ketones is 1. The van der Waals surface area contributed by atoms with E-state index in [1.807, 2.05) is 6.92 Å². The van der Waals surface area contributed by atoms with E-state index in [2.05, 4.69) is 14.7 Å². The zero-order valence-corrected chi connectivity index (χ0v) is 12.9. The van der Waals surface area contributed by atoms with Crippen molar-refractivity contribution < 1.29 is 27.3 Å². The molecule has 1 amide bonds. The van der Waals surface area contributed by atoms with Gasteiger partial charge in [0.05, 0.1) is 0 Å². The fraction of sp³-hybridized carbons (Fsp3) is 0.333. The van der Waals surface area contributed by atoms with E-state index in [0.717, 1.165) is 0 Å². The molecule has 0 spiro atoms. The molecule has 0 aliphatic heterocycles. The predicted octanol–water partition coefficient (Wildman–Crippen LogP) is 2.81. The first-order chi connectivity index (χ1) is 11.2. The van der Waals surface area contributed by atoms with E-state index < -0.39 is 23.8 Å². The van der Waals surface area contributed by atoms with Crippen LogP contribution in [0.25, 0.3) is 11.4 Å². The van der Waals surface area contributed by atoms with Crippen molar-refractivity contribution in [3.63, 3.8) is 0 Å². The fourth-order valence-corrected chi connectivity index (χ4v) is 1.96. The summed E-state index contributed by atoms with van der Waals surface area (Å²) >= 11 is 0. The van der Waals surface area contributed by atoms with Gasteiger partial charge in [-0.3, -0.25) is 9.59 Å². The number of alkyl halides is 3. The molecule has 2 aromatic rings. The lowest BCUT2D eigenvalue weighted by atomic mass is 10.1. The Kier molecular flexibility index (Phi) is 5.01. The monoisotopic (exact) mass is 341 g/mol. The second kappa shape index (κ2) is 6.81. The zero-order chi connectivity index (χ0) is 17.9. The Bertz CT molecular complexity index is 738. The number of carbonyl (C=O) groups excluding carboxylic acids is 2. The SMILES string of the molecule is CCCN(C)C(=O)C(=O)c1ccc(-c2noc(C(F)(F)F)n2)cc1. The van der Waals surface area contributed by atoms with Gasteiger partial charge in [0.15, 0.2) is 0 Å². The van der Waals surface area contributed by atoms with Gasteiger partial charge in [-0.1, -0.05) is 36.3 Å². The Morgan fingerprint density at radius 1 is 1.21 bits per heavy atom. The second-order valence-corrected chi connectivity index (χ2v) is 5.05. The van der Waals surface area contributed by atoms with E-state index in [9.17, 15) is 22.8 Å². The maximum Gasteiger partial charge on any atom is 0.471 e. The Morgan fingerprint density at radius 2 is 1.83 bits per heavy atom. The van der Waals surface area contributed by atoms with Crippen molar-refractivity contribution in [1.29, 1.82) is 0 Å². The molecule has 0 fully saturated rings. The third kappa shape index (κ3) is 3.79. The third-order valence-corrected chi connectivity index (χ3v) is 3.17. The van der Waals surface area contributed by atoms with Crippen molar-refractivity contribution in [2.75, 3.05) is 13.6 Å². The standard InChI is InChI=1S/C15H14F3N3O3/c1-3-8-21(2)13(23)11(22)9-4-6-10(7-5-9)12-19-14(24-20-12)15(16,17)18/h4-7H,3,8H2,1-2H3. The summed E-state index contributed by atoms with van der Waals surface area (Å²) in [5.41, 5.74) is 0.367. The van der Waals surface area contributed by atoms with Gasteiger partial charge in [-0.2, -0.15) is 18.2 Å². The molecular weight excluding hydrogens is 327 g/mol. The Labute approximate surface area is 135 Å². The minimum atomic E-state index is -4.72. The molecule has 0 saturated carbocycles. The number of benzene rings is 1. The summed E-state index contributed by atoms with van der Waals surface area (Å²) in [7, 11) is 1.52. The van der Waals surface area contributed by atoms with Gasteiger partial charge in [-0.15, -0.1) is 0 Å². The van der Waals surface area contributed by atoms with Crippen molar-refractivity contribution in [2.45, 2.75) is 19.5 Å². The lowest BCUT2D eigenvalue weighted by Gasteiger charge is -2.14. The minimum Gasteiger partial charge on any atom is -0.339 e. The molecule has 0 saturated heterocycles. The summed E-state index contributed by atoms with van der Waals surface area (Å²) in [4.78, 5) is 28.5. The largest absolute Gasteiger partial charge is 0.471 e. The number of halogens is 3. The highest BCUT2D eigenvalue weighted by Crippen LogP contribution is 2.29. The Balaban J connectivity index is 2.17. The van der Waals surface area contributed by atoms with Gasteiger partial charge in [0, 0.05) is 24.7 Å². The molecule has 9 heteroatoms. The topological polar surface area (TPSA) is 76.3 Å². The van der Waals surface area contributed by atoms with Crippen LogP contribution in [-0.2, 0) is 11.0 Å². The Morgan fingerprint density at radius 3 is 2.33 bits per heavy atom. The van der Waals surface area contributed by atoms with E-state index in [1.54, 1.807) is 0 Å². The van der Waals surface area contributed by atoms with E-state index >= 15 is 0 Å². The summed E-state index contributed by atoms with van der Waals surface area (Å²) in [5, 5.41) is 3.25. The molecule has 2 rings (SSSR count). The molecule has 128 valence electrons. The molecule has 1 aromatic carbocycles. The fourth-order valence-electron chi connectivity index (χ4n) is 1.96. The highest BCUT2D eigenvalue weighted by Gasteiger charge is 2.38. The summed E-state index contributed by atoms with van der Waals surface area (Å²) in [6, 6.07) is 5.37. The summed E-state index contributed by atoms with van der Waals surface area (Å²) < 4.78 is 41.4. The Hall–Kier alpha value is -2.71. The average molecular weight is 341 g/mol. The number of amides is 1. The average Bonchev–Trinajstić information content (AvgIpc) is 3.04. The molecule has 1 heterocycles. The van der Waals surface area contributed by atoms with Gasteiger partial charge in [0.1, 0.15) is 0 Å². The van der Waals surface area contributed by atoms with Crippen LogP contribution in [0.4, 0.5) is 13.2 Å².